The van der Waals surface area contributed by atoms with Gasteiger partial charge in [0, 0.05) is 59.2 Å². The minimum Gasteiger partial charge on any atom is -0.493 e. The third-order valence-electron chi connectivity index (χ3n) is 15.8. The summed E-state index contributed by atoms with van der Waals surface area (Å²) >= 11 is 0. The van der Waals surface area contributed by atoms with E-state index in [4.69, 9.17) is 33.2 Å². The number of Topliss-reactive ketones (excluding diaryl/α,β-unsaturated/α-hetero) is 1. The zero-order valence-corrected chi connectivity index (χ0v) is 52.6. The van der Waals surface area contributed by atoms with Crippen LogP contribution in [0.2, 0.25) is 0 Å². The molecule has 0 unspecified atom stereocenters. The standard InChI is InChI=1S/C67H83N7O17/c1-67(2)44-89-60(78)22-12-7-8-14-31-71(3)59(77)41-68-57(75)42-72(4)63(81)52(38-45-17-10-9-11-18-45)70-62(80)51(37-46-23-27-49(28-24-46)90-66(84)73-33-35-87-36-34-73)69-58(76)43-88-50-20-16-19-48(40-50)54(29-25-47-26-30-55(85-5)56(39-47)86-6)91-65(83)53-21-13-15-32-74(53)64(82)61(67)79/h9-12,16-20,22-24,26-28,30,39-40,51-54H,7-8,13-15,21,25,29,31-38,41-44H2,1-6H3,(H,68,75)(H,69,76)(H,70,80)/b22-12+/t51-,52+,53-,54+/m0/s1. The van der Waals surface area contributed by atoms with Gasteiger partial charge in [-0.25, -0.2) is 14.4 Å². The van der Waals surface area contributed by atoms with Crippen molar-refractivity contribution in [3.8, 4) is 23.0 Å². The van der Waals surface area contributed by atoms with Gasteiger partial charge in [0.05, 0.1) is 45.9 Å². The highest BCUT2D eigenvalue weighted by Crippen LogP contribution is 2.33. The number of nitrogens with zero attached hydrogens (tertiary/aromatic N) is 4. The van der Waals surface area contributed by atoms with Crippen molar-refractivity contribution < 1.29 is 81.1 Å². The highest BCUT2D eigenvalue weighted by atomic mass is 16.6. The van der Waals surface area contributed by atoms with Crippen molar-refractivity contribution in [3.05, 3.63) is 131 Å². The second-order valence-electron chi connectivity index (χ2n) is 23.2. The summed E-state index contributed by atoms with van der Waals surface area (Å²) in [5, 5.41) is 8.18. The van der Waals surface area contributed by atoms with Gasteiger partial charge in [-0.15, -0.1) is 0 Å². The van der Waals surface area contributed by atoms with Gasteiger partial charge in [0.1, 0.15) is 42.3 Å². The van der Waals surface area contributed by atoms with Crippen LogP contribution in [0.1, 0.15) is 87.2 Å². The van der Waals surface area contributed by atoms with E-state index in [0.717, 1.165) is 10.5 Å². The Kier molecular flexibility index (Phi) is 25.9. The lowest BCUT2D eigenvalue weighted by Crippen LogP contribution is -2.56. The molecule has 24 nitrogen and oxygen atoms in total. The number of aryl methyl sites for hydroxylation is 1. The molecule has 0 aromatic heterocycles. The summed E-state index contributed by atoms with van der Waals surface area (Å²) in [4.78, 5) is 143. The molecule has 24 heteroatoms. The van der Waals surface area contributed by atoms with Crippen LogP contribution in [-0.4, -0.2) is 191 Å². The minimum atomic E-state index is -1.47. The van der Waals surface area contributed by atoms with E-state index in [-0.39, 0.29) is 50.3 Å². The first-order valence-corrected chi connectivity index (χ1v) is 30.6. The van der Waals surface area contributed by atoms with Crippen LogP contribution in [0.3, 0.4) is 0 Å². The number of allylic oxidation sites excluding steroid dienone is 1. The molecule has 3 aliphatic heterocycles. The molecule has 488 valence electrons. The van der Waals surface area contributed by atoms with Crippen molar-refractivity contribution in [1.29, 1.82) is 0 Å². The summed E-state index contributed by atoms with van der Waals surface area (Å²) in [5.74, 6) is -5.02. The molecule has 0 saturated carbocycles. The Hall–Kier alpha value is -9.32. The number of piperidine rings is 1. The van der Waals surface area contributed by atoms with Crippen LogP contribution in [-0.2, 0) is 76.6 Å². The van der Waals surface area contributed by atoms with Gasteiger partial charge in [0.25, 0.3) is 11.8 Å². The Morgan fingerprint density at radius 2 is 1.40 bits per heavy atom. The van der Waals surface area contributed by atoms with Crippen molar-refractivity contribution in [2.75, 3.05) is 94.0 Å². The molecule has 3 heterocycles. The van der Waals surface area contributed by atoms with Crippen LogP contribution < -0.4 is 34.9 Å². The molecule has 0 aliphatic carbocycles. The predicted octanol–water partition coefficient (Wildman–Crippen LogP) is 4.88. The van der Waals surface area contributed by atoms with E-state index in [0.29, 0.717) is 99.6 Å². The van der Waals surface area contributed by atoms with E-state index < -0.39 is 109 Å². The topological polar surface area (TPSA) is 284 Å². The number of nitrogens with one attached hydrogen (secondary N) is 3. The first-order chi connectivity index (χ1) is 43.7. The number of carbonyl (C=O) groups is 10. The molecule has 2 bridgehead atoms. The maximum absolute atomic E-state index is 14.7. The van der Waals surface area contributed by atoms with E-state index >= 15 is 0 Å². The molecular weight excluding hydrogens is 1170 g/mol. The number of hydrogen-bond donors (Lipinski definition) is 3. The third kappa shape index (κ3) is 20.9. The van der Waals surface area contributed by atoms with Crippen LogP contribution in [0.25, 0.3) is 0 Å². The summed E-state index contributed by atoms with van der Waals surface area (Å²) in [7, 11) is 6.01. The zero-order valence-electron chi connectivity index (χ0n) is 52.6. The van der Waals surface area contributed by atoms with Gasteiger partial charge in [0.15, 0.2) is 18.1 Å². The van der Waals surface area contributed by atoms with Gasteiger partial charge < -0.3 is 68.7 Å². The molecule has 3 aliphatic rings. The minimum absolute atomic E-state index is 0.0104. The van der Waals surface area contributed by atoms with Crippen molar-refractivity contribution in [2.45, 2.75) is 102 Å². The first kappa shape index (κ1) is 69.2. The van der Waals surface area contributed by atoms with Gasteiger partial charge >= 0.3 is 18.0 Å². The number of likely N-dealkylation sites (N-methyl/N-ethyl adjacent to an activating group) is 2. The van der Waals surface area contributed by atoms with E-state index in [9.17, 15) is 47.9 Å². The zero-order chi connectivity index (χ0) is 65.5. The van der Waals surface area contributed by atoms with Crippen LogP contribution in [0.5, 0.6) is 23.0 Å². The van der Waals surface area contributed by atoms with Crippen LogP contribution in [0, 0.1) is 5.41 Å². The Morgan fingerprint density at radius 1 is 0.692 bits per heavy atom. The lowest BCUT2D eigenvalue weighted by Gasteiger charge is -2.36. The molecule has 4 aromatic rings. The maximum atomic E-state index is 14.7. The van der Waals surface area contributed by atoms with Gasteiger partial charge in [-0.2, -0.15) is 0 Å². The number of carbonyl (C=O) groups excluding carboxylic acids is 10. The maximum Gasteiger partial charge on any atom is 0.415 e. The fourth-order valence-corrected chi connectivity index (χ4v) is 10.5. The number of methoxy groups -OCH3 is 2. The highest BCUT2D eigenvalue weighted by molar-refractivity contribution is 6.38. The molecule has 91 heavy (non-hydrogen) atoms. The lowest BCUT2D eigenvalue weighted by molar-refractivity contribution is -0.165. The summed E-state index contributed by atoms with van der Waals surface area (Å²) in [5.41, 5.74) is 1.02. The Labute approximate surface area is 530 Å². The molecule has 0 radical (unpaired) electrons. The number of cyclic esters (lactones) is 2. The molecular formula is C67H83N7O17. The molecule has 7 amide bonds. The number of rotatable bonds is 10. The Morgan fingerprint density at radius 3 is 2.13 bits per heavy atom. The quantitative estimate of drug-likeness (QED) is 0.141. The molecule has 4 aromatic carbocycles. The Balaban J connectivity index is 1.17. The second-order valence-corrected chi connectivity index (χ2v) is 23.2. The van der Waals surface area contributed by atoms with Gasteiger partial charge in [-0.1, -0.05) is 66.7 Å². The largest absolute Gasteiger partial charge is 0.493 e. The average molecular weight is 1260 g/mol. The van der Waals surface area contributed by atoms with Gasteiger partial charge in [0.2, 0.25) is 29.4 Å². The normalized spacial score (nSPS) is 21.6. The molecule has 7 rings (SSSR count). The number of morpholine rings is 1. The van der Waals surface area contributed by atoms with E-state index in [1.165, 1.54) is 55.9 Å². The fourth-order valence-electron chi connectivity index (χ4n) is 10.5. The highest BCUT2D eigenvalue weighted by Gasteiger charge is 2.43. The molecule has 0 spiro atoms. The van der Waals surface area contributed by atoms with E-state index in [1.807, 2.05) is 6.07 Å². The number of ketones is 1. The van der Waals surface area contributed by atoms with Crippen LogP contribution in [0.4, 0.5) is 4.79 Å². The summed E-state index contributed by atoms with van der Waals surface area (Å²) in [6.45, 7) is 3.00. The summed E-state index contributed by atoms with van der Waals surface area (Å²) < 4.78 is 39.9. The SMILES string of the molecule is COc1ccc(CC[C@H]2OC(=O)[C@@H]3CCCCN3C(=O)C(=O)C(C)(C)COC(=O)/C=C/CCCCN(C)C(=O)CNC(=O)CN(C)C(=O)[C@@H](Cc3ccccc3)NC(=O)[C@H](Cc3ccc(OC(=O)N4CCOCC4)cc3)NC(=O)COc3cccc2c3)cc1OC. The van der Waals surface area contributed by atoms with Crippen molar-refractivity contribution in [3.63, 3.8) is 0 Å². The van der Waals surface area contributed by atoms with E-state index in [2.05, 4.69) is 16.0 Å². The predicted molar refractivity (Wildman–Crippen MR) is 332 cm³/mol. The number of amides is 7. The number of hydrogen-bond acceptors (Lipinski definition) is 17. The Bertz CT molecular complexity index is 3220. The van der Waals surface area contributed by atoms with Gasteiger partial charge in [-0.05, 0) is 124 Å². The molecule has 4 atom stereocenters. The van der Waals surface area contributed by atoms with Crippen molar-refractivity contribution in [1.82, 2.24) is 35.6 Å². The lowest BCUT2D eigenvalue weighted by atomic mass is 9.87. The average Bonchev–Trinajstić information content (AvgIpc) is 1.36. The number of ether oxygens (including phenoxy) is 7. The summed E-state index contributed by atoms with van der Waals surface area (Å²) in [6.07, 6.45) is 4.60. The number of esters is 2. The second kappa shape index (κ2) is 34.0. The smallest absolute Gasteiger partial charge is 0.415 e. The first-order valence-electron chi connectivity index (χ1n) is 30.6. The van der Waals surface area contributed by atoms with Gasteiger partial charge in [-0.3, -0.25) is 33.6 Å². The van der Waals surface area contributed by atoms with E-state index in [1.54, 1.807) is 104 Å². The molecule has 3 N–H and O–H groups in total. The van der Waals surface area contributed by atoms with Crippen molar-refractivity contribution in [2.24, 2.45) is 5.41 Å². The fraction of sp³-hybridized carbons (Fsp3) is 0.463. The van der Waals surface area contributed by atoms with Crippen molar-refractivity contribution >= 4 is 59.3 Å². The van der Waals surface area contributed by atoms with Crippen LogP contribution in [0.15, 0.2) is 109 Å². The summed E-state index contributed by atoms with van der Waals surface area (Å²) in [6, 6.07) is 23.5. The van der Waals surface area contributed by atoms with Crippen LogP contribution >= 0.6 is 0 Å². The third-order valence-corrected chi connectivity index (χ3v) is 15.8. The molecule has 2 fully saturated rings. The monoisotopic (exact) mass is 1260 g/mol. The number of fused-ring (bicyclic) bond motifs is 3. The molecule has 2 saturated heterocycles. The number of benzene rings is 4.